The first-order valence-corrected chi connectivity index (χ1v) is 2.18. The van der Waals surface area contributed by atoms with Crippen LogP contribution in [0.2, 0.25) is 0 Å². The minimum absolute atomic E-state index is 0.0903. The predicted molar refractivity (Wildman–Crippen MR) is 22.6 cm³/mol. The van der Waals surface area contributed by atoms with Crippen molar-refractivity contribution in [3.8, 4) is 0 Å². The fourth-order valence-electron chi connectivity index (χ4n) is 0.461. The molecule has 1 aliphatic heterocycles. The van der Waals surface area contributed by atoms with E-state index in [-0.39, 0.29) is 12.7 Å². The summed E-state index contributed by atoms with van der Waals surface area (Å²) in [5.41, 5.74) is 0. The molecular weight excluding hydrogens is 96.0 g/mol. The van der Waals surface area contributed by atoms with Gasteiger partial charge in [0.15, 0.2) is 5.79 Å². The molecule has 0 radical (unpaired) electrons. The lowest BCUT2D eigenvalue weighted by Gasteiger charge is -1.87. The van der Waals surface area contributed by atoms with Crippen LogP contribution in [-0.2, 0) is 4.74 Å². The molecule has 0 aromatic rings. The van der Waals surface area contributed by atoms with Crippen LogP contribution in [-0.4, -0.2) is 28.7 Å². The lowest BCUT2D eigenvalue weighted by atomic mass is 10.3. The Labute approximate surface area is 41.5 Å². The van der Waals surface area contributed by atoms with E-state index in [0.717, 1.165) is 0 Å². The Kier molecular flexibility index (Phi) is 0.849. The third-order valence-electron chi connectivity index (χ3n) is 1.09. The second-order valence-electron chi connectivity index (χ2n) is 1.84. The van der Waals surface area contributed by atoms with E-state index in [1.165, 1.54) is 6.92 Å². The summed E-state index contributed by atoms with van der Waals surface area (Å²) in [5.74, 6) is -1.03. The zero-order valence-electron chi connectivity index (χ0n) is 4.09. The van der Waals surface area contributed by atoms with Crippen molar-refractivity contribution in [3.05, 3.63) is 0 Å². The van der Waals surface area contributed by atoms with E-state index in [4.69, 9.17) is 10.2 Å². The first kappa shape index (κ1) is 5.03. The average molecular weight is 104 g/mol. The van der Waals surface area contributed by atoms with Crippen molar-refractivity contribution in [1.82, 2.24) is 0 Å². The monoisotopic (exact) mass is 104 g/mol. The molecule has 3 heteroatoms. The van der Waals surface area contributed by atoms with Gasteiger partial charge in [0.2, 0.25) is 0 Å². The van der Waals surface area contributed by atoms with E-state index in [2.05, 4.69) is 4.74 Å². The Bertz CT molecular complexity index is 79.0. The van der Waals surface area contributed by atoms with Gasteiger partial charge in [0, 0.05) is 0 Å². The smallest absolute Gasteiger partial charge is 0.192 e. The molecule has 0 bridgehead atoms. The topological polar surface area (TPSA) is 53.0 Å². The summed E-state index contributed by atoms with van der Waals surface area (Å²) in [6.07, 6.45) is -0.340. The molecule has 0 aromatic heterocycles. The molecule has 0 aliphatic carbocycles. The zero-order chi connectivity index (χ0) is 5.49. The van der Waals surface area contributed by atoms with Crippen LogP contribution in [0.15, 0.2) is 0 Å². The summed E-state index contributed by atoms with van der Waals surface area (Å²) in [7, 11) is 0. The number of rotatable bonds is 1. The van der Waals surface area contributed by atoms with Crippen LogP contribution in [0.5, 0.6) is 0 Å². The summed E-state index contributed by atoms with van der Waals surface area (Å²) in [6, 6.07) is 0. The zero-order valence-corrected chi connectivity index (χ0v) is 4.09. The van der Waals surface area contributed by atoms with Gasteiger partial charge in [0.1, 0.15) is 6.10 Å². The highest BCUT2D eigenvalue weighted by atomic mass is 16.7. The van der Waals surface area contributed by atoms with Crippen LogP contribution >= 0.6 is 0 Å². The van der Waals surface area contributed by atoms with Gasteiger partial charge in [-0.3, -0.25) is 0 Å². The van der Waals surface area contributed by atoms with Crippen molar-refractivity contribution in [2.75, 3.05) is 6.61 Å². The van der Waals surface area contributed by atoms with E-state index in [1.54, 1.807) is 0 Å². The second-order valence-corrected chi connectivity index (χ2v) is 1.84. The van der Waals surface area contributed by atoms with E-state index in [9.17, 15) is 0 Å². The van der Waals surface area contributed by atoms with Gasteiger partial charge >= 0.3 is 0 Å². The third-order valence-corrected chi connectivity index (χ3v) is 1.09. The Morgan fingerprint density at radius 2 is 2.29 bits per heavy atom. The highest BCUT2D eigenvalue weighted by Gasteiger charge is 2.50. The average Bonchev–Trinajstić information content (AvgIpc) is 2.13. The quantitative estimate of drug-likeness (QED) is 0.423. The van der Waals surface area contributed by atoms with Gasteiger partial charge in [0.25, 0.3) is 0 Å². The Balaban J connectivity index is 2.30. The largest absolute Gasteiger partial charge is 0.393 e. The maximum Gasteiger partial charge on any atom is 0.192 e. The molecule has 1 aliphatic rings. The number of hydrogen-bond acceptors (Lipinski definition) is 3. The van der Waals surface area contributed by atoms with Gasteiger partial charge in [-0.25, -0.2) is 0 Å². The molecule has 0 amide bonds. The van der Waals surface area contributed by atoms with Crippen molar-refractivity contribution in [2.45, 2.75) is 18.8 Å². The van der Waals surface area contributed by atoms with E-state index < -0.39 is 5.79 Å². The van der Waals surface area contributed by atoms with Crippen LogP contribution in [0.4, 0.5) is 0 Å². The number of ether oxygens (including phenoxy) is 1. The highest BCUT2D eigenvalue weighted by Crippen LogP contribution is 2.31. The summed E-state index contributed by atoms with van der Waals surface area (Å²) in [4.78, 5) is 0. The molecule has 7 heavy (non-hydrogen) atoms. The molecule has 1 fully saturated rings. The highest BCUT2D eigenvalue weighted by molar-refractivity contribution is 4.87. The SMILES string of the molecule is CC1(O)OC1CO. The van der Waals surface area contributed by atoms with Crippen LogP contribution in [0.3, 0.4) is 0 Å². The number of epoxide rings is 1. The summed E-state index contributed by atoms with van der Waals surface area (Å²) < 4.78 is 4.56. The molecular formula is C4H8O3. The van der Waals surface area contributed by atoms with Crippen molar-refractivity contribution in [2.24, 2.45) is 0 Å². The van der Waals surface area contributed by atoms with E-state index in [0.29, 0.717) is 0 Å². The third kappa shape index (κ3) is 0.748. The Morgan fingerprint density at radius 1 is 1.86 bits per heavy atom. The molecule has 1 saturated heterocycles. The van der Waals surface area contributed by atoms with Gasteiger partial charge < -0.3 is 14.9 Å². The van der Waals surface area contributed by atoms with Crippen molar-refractivity contribution < 1.29 is 14.9 Å². The fraction of sp³-hybridized carbons (Fsp3) is 1.00. The summed E-state index contributed by atoms with van der Waals surface area (Å²) in [6.45, 7) is 1.43. The van der Waals surface area contributed by atoms with Crippen LogP contribution in [0, 0.1) is 0 Å². The van der Waals surface area contributed by atoms with Crippen LogP contribution < -0.4 is 0 Å². The van der Waals surface area contributed by atoms with E-state index >= 15 is 0 Å². The second kappa shape index (κ2) is 1.18. The number of hydrogen-bond donors (Lipinski definition) is 2. The van der Waals surface area contributed by atoms with Gasteiger partial charge in [-0.1, -0.05) is 0 Å². The van der Waals surface area contributed by atoms with Crippen LogP contribution in [0.1, 0.15) is 6.92 Å². The van der Waals surface area contributed by atoms with Crippen molar-refractivity contribution >= 4 is 0 Å². The number of aliphatic hydroxyl groups is 2. The van der Waals surface area contributed by atoms with E-state index in [1.807, 2.05) is 0 Å². The molecule has 1 rings (SSSR count). The summed E-state index contributed by atoms with van der Waals surface area (Å²) in [5, 5.41) is 17.0. The van der Waals surface area contributed by atoms with Crippen LogP contribution in [0.25, 0.3) is 0 Å². The minimum atomic E-state index is -1.03. The van der Waals surface area contributed by atoms with Gasteiger partial charge in [-0.15, -0.1) is 0 Å². The van der Waals surface area contributed by atoms with Gasteiger partial charge in [0.05, 0.1) is 6.61 Å². The first-order chi connectivity index (χ1) is 3.17. The summed E-state index contributed by atoms with van der Waals surface area (Å²) >= 11 is 0. The predicted octanol–water partition coefficient (Wildman–Crippen LogP) is -0.914. The fourth-order valence-corrected chi connectivity index (χ4v) is 0.461. The molecule has 3 nitrogen and oxygen atoms in total. The molecule has 0 spiro atoms. The molecule has 0 aromatic carbocycles. The lowest BCUT2D eigenvalue weighted by Crippen LogP contribution is -2.09. The van der Waals surface area contributed by atoms with Crippen molar-refractivity contribution in [1.29, 1.82) is 0 Å². The maximum absolute atomic E-state index is 8.71. The molecule has 42 valence electrons. The normalized spacial score (nSPS) is 49.3. The molecule has 2 N–H and O–H groups in total. The Hall–Kier alpha value is -0.120. The number of aliphatic hydroxyl groups excluding tert-OH is 1. The maximum atomic E-state index is 8.71. The molecule has 0 saturated carbocycles. The minimum Gasteiger partial charge on any atom is -0.393 e. The molecule has 1 heterocycles. The first-order valence-electron chi connectivity index (χ1n) is 2.18. The lowest BCUT2D eigenvalue weighted by molar-refractivity contribution is 0.0549. The molecule has 2 unspecified atom stereocenters. The molecule has 2 atom stereocenters. The Morgan fingerprint density at radius 3 is 2.29 bits per heavy atom. The van der Waals surface area contributed by atoms with Gasteiger partial charge in [-0.05, 0) is 6.92 Å². The standard InChI is InChI=1S/C4H8O3/c1-4(6)3(2-5)7-4/h3,5-6H,2H2,1H3. The van der Waals surface area contributed by atoms with Crippen molar-refractivity contribution in [3.63, 3.8) is 0 Å². The van der Waals surface area contributed by atoms with Gasteiger partial charge in [-0.2, -0.15) is 0 Å².